The number of hydrogen-bond acceptors (Lipinski definition) is 3. The number of allylic oxidation sites excluding steroid dienone is 2. The Balaban J connectivity index is 3.57. The van der Waals surface area contributed by atoms with E-state index in [1.54, 1.807) is 0 Å². The number of ether oxygens (including phenoxy) is 2. The van der Waals surface area contributed by atoms with Gasteiger partial charge in [0.05, 0.1) is 31.7 Å². The fourth-order valence-corrected chi connectivity index (χ4v) is 2.75. The highest BCUT2D eigenvalue weighted by atomic mass is 28.2. The van der Waals surface area contributed by atoms with Crippen LogP contribution in [0.4, 0.5) is 4.79 Å². The molecule has 0 amide bonds. The SMILES string of the molecule is CC=C(C)[SiH2]COC(=O)OC([SiH3])CCC. The molecule has 0 radical (unpaired) electrons. The van der Waals surface area contributed by atoms with Gasteiger partial charge in [-0.25, -0.2) is 4.79 Å². The van der Waals surface area contributed by atoms with E-state index in [-0.39, 0.29) is 5.73 Å². The van der Waals surface area contributed by atoms with E-state index in [4.69, 9.17) is 9.47 Å². The van der Waals surface area contributed by atoms with Crippen LogP contribution in [0.5, 0.6) is 0 Å². The quantitative estimate of drug-likeness (QED) is 0.511. The molecule has 0 aromatic carbocycles. The standard InChI is InChI=1S/C10H22O3Si2/c1-4-6-9(14)13-10(11)12-7-15-8(3)5-2/h5,9H,4,6-7,15H2,1-3,14H3. The Morgan fingerprint density at radius 2 is 2.27 bits per heavy atom. The lowest BCUT2D eigenvalue weighted by molar-refractivity contribution is 0.0546. The maximum Gasteiger partial charge on any atom is 0.507 e. The van der Waals surface area contributed by atoms with Crippen LogP contribution in [0.3, 0.4) is 0 Å². The van der Waals surface area contributed by atoms with Crippen molar-refractivity contribution < 1.29 is 14.3 Å². The predicted molar refractivity (Wildman–Crippen MR) is 69.0 cm³/mol. The molecule has 0 fully saturated rings. The van der Waals surface area contributed by atoms with Crippen LogP contribution in [0.15, 0.2) is 11.3 Å². The Hall–Kier alpha value is -0.556. The van der Waals surface area contributed by atoms with E-state index in [1.165, 1.54) is 5.20 Å². The first-order chi connectivity index (χ1) is 7.10. The van der Waals surface area contributed by atoms with Crippen LogP contribution in [0.1, 0.15) is 33.6 Å². The number of hydrogen-bond donors (Lipinski definition) is 0. The predicted octanol–water partition coefficient (Wildman–Crippen LogP) is 0.681. The van der Waals surface area contributed by atoms with Crippen molar-refractivity contribution in [2.45, 2.75) is 39.3 Å². The monoisotopic (exact) mass is 246 g/mol. The first-order valence-electron chi connectivity index (χ1n) is 5.55. The first kappa shape index (κ1) is 14.4. The van der Waals surface area contributed by atoms with Gasteiger partial charge in [-0.3, -0.25) is 0 Å². The second kappa shape index (κ2) is 8.73. The van der Waals surface area contributed by atoms with Crippen LogP contribution < -0.4 is 0 Å². The van der Waals surface area contributed by atoms with Gasteiger partial charge in [-0.15, -0.1) is 0 Å². The highest BCUT2D eigenvalue weighted by molar-refractivity contribution is 6.45. The largest absolute Gasteiger partial charge is 0.507 e. The molecule has 0 saturated heterocycles. The van der Waals surface area contributed by atoms with Gasteiger partial charge >= 0.3 is 6.16 Å². The second-order valence-electron chi connectivity index (χ2n) is 3.70. The molecule has 0 aromatic heterocycles. The van der Waals surface area contributed by atoms with Crippen molar-refractivity contribution >= 4 is 25.9 Å². The third-order valence-corrected chi connectivity index (χ3v) is 4.62. The normalized spacial score (nSPS) is 14.5. The third-order valence-electron chi connectivity index (χ3n) is 2.20. The Labute approximate surface area is 97.5 Å². The summed E-state index contributed by atoms with van der Waals surface area (Å²) in [5, 5.41) is 1.36. The lowest BCUT2D eigenvalue weighted by Gasteiger charge is -2.12. The van der Waals surface area contributed by atoms with Gasteiger partial charge in [0.1, 0.15) is 0 Å². The Morgan fingerprint density at radius 1 is 1.60 bits per heavy atom. The second-order valence-corrected chi connectivity index (χ2v) is 7.01. The molecule has 5 heteroatoms. The van der Waals surface area contributed by atoms with Crippen LogP contribution in [0, 0.1) is 0 Å². The minimum atomic E-state index is -0.486. The highest BCUT2D eigenvalue weighted by Gasteiger charge is 2.09. The Morgan fingerprint density at radius 3 is 2.80 bits per heavy atom. The summed E-state index contributed by atoms with van der Waals surface area (Å²) in [6.45, 7) is 6.17. The first-order valence-corrected chi connectivity index (χ1v) is 8.41. The molecule has 0 saturated carbocycles. The average Bonchev–Trinajstić information content (AvgIpc) is 2.17. The van der Waals surface area contributed by atoms with Crippen molar-refractivity contribution in [1.82, 2.24) is 0 Å². The molecule has 1 unspecified atom stereocenters. The van der Waals surface area contributed by atoms with E-state index >= 15 is 0 Å². The number of carbonyl (C=O) groups excluding carboxylic acids is 1. The summed E-state index contributed by atoms with van der Waals surface area (Å²) in [5.74, 6) is 0. The maximum absolute atomic E-state index is 11.2. The van der Waals surface area contributed by atoms with Crippen LogP contribution in [-0.2, 0) is 9.47 Å². The lowest BCUT2D eigenvalue weighted by atomic mass is 10.4. The molecule has 0 rings (SSSR count). The topological polar surface area (TPSA) is 35.5 Å². The van der Waals surface area contributed by atoms with Crippen molar-refractivity contribution in [2.24, 2.45) is 0 Å². The van der Waals surface area contributed by atoms with Crippen LogP contribution in [-0.4, -0.2) is 37.9 Å². The molecule has 0 bridgehead atoms. The smallest absolute Gasteiger partial charge is 0.438 e. The molecule has 0 aliphatic rings. The van der Waals surface area contributed by atoms with Crippen molar-refractivity contribution in [2.75, 3.05) is 6.23 Å². The van der Waals surface area contributed by atoms with E-state index in [9.17, 15) is 4.79 Å². The van der Waals surface area contributed by atoms with Crippen LogP contribution in [0.25, 0.3) is 0 Å². The van der Waals surface area contributed by atoms with Gasteiger partial charge in [0.15, 0.2) is 0 Å². The van der Waals surface area contributed by atoms with Crippen molar-refractivity contribution in [3.8, 4) is 0 Å². The summed E-state index contributed by atoms with van der Waals surface area (Å²) in [6, 6.07) is 0. The van der Waals surface area contributed by atoms with E-state index < -0.39 is 15.7 Å². The van der Waals surface area contributed by atoms with E-state index in [0.717, 1.165) is 23.1 Å². The van der Waals surface area contributed by atoms with Crippen molar-refractivity contribution in [3.63, 3.8) is 0 Å². The van der Waals surface area contributed by atoms with Gasteiger partial charge in [0, 0.05) is 0 Å². The summed E-state index contributed by atoms with van der Waals surface area (Å²) < 4.78 is 10.1. The van der Waals surface area contributed by atoms with Gasteiger partial charge in [-0.1, -0.05) is 24.6 Å². The molecule has 3 nitrogen and oxygen atoms in total. The fraction of sp³-hybridized carbons (Fsp3) is 0.700. The van der Waals surface area contributed by atoms with Gasteiger partial charge in [0.2, 0.25) is 0 Å². The highest BCUT2D eigenvalue weighted by Crippen LogP contribution is 1.99. The zero-order chi connectivity index (χ0) is 11.7. The maximum atomic E-state index is 11.2. The Kier molecular flexibility index (Phi) is 8.40. The minimum absolute atomic E-state index is 0.104. The molecule has 0 aromatic rings. The van der Waals surface area contributed by atoms with Gasteiger partial charge in [-0.2, -0.15) is 0 Å². The van der Waals surface area contributed by atoms with Crippen molar-refractivity contribution in [3.05, 3.63) is 11.3 Å². The van der Waals surface area contributed by atoms with Gasteiger partial charge < -0.3 is 9.47 Å². The van der Waals surface area contributed by atoms with Crippen LogP contribution in [0.2, 0.25) is 0 Å². The number of carbonyl (C=O) groups is 1. The molecule has 0 aliphatic heterocycles. The van der Waals surface area contributed by atoms with E-state index in [1.807, 2.05) is 6.92 Å². The molecule has 0 spiro atoms. The van der Waals surface area contributed by atoms with Gasteiger partial charge in [-0.05, 0) is 20.3 Å². The summed E-state index contributed by atoms with van der Waals surface area (Å²) in [7, 11) is 0.476. The molecule has 1 atom stereocenters. The zero-order valence-electron chi connectivity index (χ0n) is 10.2. The third kappa shape index (κ3) is 8.44. The molecule has 0 aliphatic carbocycles. The lowest BCUT2D eigenvalue weighted by Crippen LogP contribution is -2.20. The molecule has 88 valence electrons. The Bertz CT molecular complexity index is 217. The van der Waals surface area contributed by atoms with Crippen LogP contribution >= 0.6 is 0 Å². The van der Waals surface area contributed by atoms with E-state index in [0.29, 0.717) is 6.23 Å². The average molecular weight is 246 g/mol. The minimum Gasteiger partial charge on any atom is -0.438 e. The number of rotatable bonds is 6. The van der Waals surface area contributed by atoms with Gasteiger partial charge in [0.25, 0.3) is 0 Å². The molecular formula is C10H22O3Si2. The molecule has 0 heterocycles. The fourth-order valence-electron chi connectivity index (χ4n) is 1.10. The summed E-state index contributed by atoms with van der Waals surface area (Å²) >= 11 is 0. The molecule has 0 N–H and O–H groups in total. The summed E-state index contributed by atoms with van der Waals surface area (Å²) in [5.41, 5.74) is 0.104. The van der Waals surface area contributed by atoms with Crippen molar-refractivity contribution in [1.29, 1.82) is 0 Å². The van der Waals surface area contributed by atoms with E-state index in [2.05, 4.69) is 19.9 Å². The molecule has 15 heavy (non-hydrogen) atoms. The summed E-state index contributed by atoms with van der Waals surface area (Å²) in [6.07, 6.45) is 4.14. The molecular weight excluding hydrogens is 224 g/mol. The zero-order valence-corrected chi connectivity index (χ0v) is 13.6. The summed E-state index contributed by atoms with van der Waals surface area (Å²) in [4.78, 5) is 11.2.